The number of ether oxygens (including phenoxy) is 7. The molecule has 1 aromatic carbocycles. The molecule has 4 N–H and O–H groups in total. The van der Waals surface area contributed by atoms with Gasteiger partial charge < -0.3 is 53.6 Å². The molecule has 7 rings (SSSR count). The summed E-state index contributed by atoms with van der Waals surface area (Å²) in [6, 6.07) is 6.12. The highest BCUT2D eigenvalue weighted by Crippen LogP contribution is 2.68. The number of Topliss-reactive ketones (excluding diaryl/α,β-unsaturated/α-hetero) is 1. The van der Waals surface area contributed by atoms with Crippen molar-refractivity contribution in [3.63, 3.8) is 0 Å². The van der Waals surface area contributed by atoms with Crippen molar-refractivity contribution in [1.29, 1.82) is 0 Å². The van der Waals surface area contributed by atoms with Gasteiger partial charge in [0.25, 0.3) is 0 Å². The van der Waals surface area contributed by atoms with E-state index in [-0.39, 0.29) is 59.2 Å². The van der Waals surface area contributed by atoms with E-state index in [0.717, 1.165) is 44.9 Å². The quantitative estimate of drug-likeness (QED) is 0.154. The maximum atomic E-state index is 14.1. The Labute approximate surface area is 359 Å². The molecule has 2 aliphatic heterocycles. The van der Waals surface area contributed by atoms with Crippen molar-refractivity contribution in [3.05, 3.63) is 41.5 Å². The first kappa shape index (κ1) is 46.1. The standard InChI is InChI=1S/C47H68O14/c1-24(2)8-15-34(50)25(3)38-37(21-33-31-14-11-28-20-29(49)16-18-46(28,5)32(31)17-19-47(33,38)6)59-45-42(58-26(4)48)40(36(52)23-57-45)61-44-41(39(53)35(51)22-56-44)60-43(54)27-9-12-30(55-7)13-10-27/h9-13,24-25,29,31-33,35-42,44-45,49,51-53H,8,14-23H2,1-7H3/t25-,29+,31-,32+,33+,35-,36+,37+,38-,39+,40+,41-,42-,44+,45+,46-,47-/m1/s1. The van der Waals surface area contributed by atoms with E-state index in [1.807, 2.05) is 6.92 Å². The molecule has 3 saturated carbocycles. The molecule has 14 nitrogen and oxygen atoms in total. The van der Waals surface area contributed by atoms with Crippen molar-refractivity contribution in [1.82, 2.24) is 0 Å². The Morgan fingerprint density at radius 2 is 1.54 bits per heavy atom. The molecule has 6 aliphatic rings. The van der Waals surface area contributed by atoms with E-state index in [0.29, 0.717) is 36.3 Å². The molecule has 17 atom stereocenters. The van der Waals surface area contributed by atoms with Gasteiger partial charge in [-0.25, -0.2) is 4.79 Å². The lowest BCUT2D eigenvalue weighted by molar-refractivity contribution is -0.340. The number of fused-ring (bicyclic) bond motifs is 5. The van der Waals surface area contributed by atoms with Crippen molar-refractivity contribution in [2.75, 3.05) is 20.3 Å². The van der Waals surface area contributed by atoms with Gasteiger partial charge in [0.05, 0.1) is 38.1 Å². The molecule has 0 aromatic heterocycles. The molecule has 0 spiro atoms. The second-order valence-corrected chi connectivity index (χ2v) is 19.6. The summed E-state index contributed by atoms with van der Waals surface area (Å²) >= 11 is 0. The maximum Gasteiger partial charge on any atom is 0.338 e. The smallest absolute Gasteiger partial charge is 0.338 e. The molecule has 0 amide bonds. The van der Waals surface area contributed by atoms with Gasteiger partial charge in [0, 0.05) is 25.2 Å². The highest BCUT2D eigenvalue weighted by Gasteiger charge is 2.64. The number of carbonyl (C=O) groups excluding carboxylic acids is 3. The fraction of sp³-hybridized carbons (Fsp3) is 0.766. The second kappa shape index (κ2) is 18.6. The number of rotatable bonds is 13. The van der Waals surface area contributed by atoms with Gasteiger partial charge in [-0.3, -0.25) is 9.59 Å². The minimum atomic E-state index is -1.62. The normalized spacial score (nSPS) is 41.4. The van der Waals surface area contributed by atoms with Crippen LogP contribution in [0.4, 0.5) is 0 Å². The number of aliphatic hydroxyl groups excluding tert-OH is 4. The monoisotopic (exact) mass is 856 g/mol. The highest BCUT2D eigenvalue weighted by molar-refractivity contribution is 5.89. The Morgan fingerprint density at radius 3 is 2.21 bits per heavy atom. The highest BCUT2D eigenvalue weighted by atomic mass is 16.7. The fourth-order valence-electron chi connectivity index (χ4n) is 12.2. The first-order valence-electron chi connectivity index (χ1n) is 22.5. The van der Waals surface area contributed by atoms with Crippen molar-refractivity contribution in [2.24, 2.45) is 46.3 Å². The number of hydrogen-bond acceptors (Lipinski definition) is 14. The van der Waals surface area contributed by atoms with Gasteiger partial charge in [-0.2, -0.15) is 0 Å². The molecule has 2 heterocycles. The number of methoxy groups -OCH3 is 1. The fourth-order valence-corrected chi connectivity index (χ4v) is 12.2. The lowest BCUT2D eigenvalue weighted by Gasteiger charge is -2.58. The molecule has 61 heavy (non-hydrogen) atoms. The van der Waals surface area contributed by atoms with Crippen LogP contribution in [-0.4, -0.2) is 120 Å². The van der Waals surface area contributed by atoms with Crippen LogP contribution in [0.5, 0.6) is 5.75 Å². The number of ketones is 1. The predicted octanol–water partition coefficient (Wildman–Crippen LogP) is 4.91. The van der Waals surface area contributed by atoms with Gasteiger partial charge in [0.1, 0.15) is 35.9 Å². The van der Waals surface area contributed by atoms with E-state index in [2.05, 4.69) is 33.8 Å². The van der Waals surface area contributed by atoms with Gasteiger partial charge in [-0.1, -0.05) is 46.3 Å². The predicted molar refractivity (Wildman–Crippen MR) is 220 cm³/mol. The molecule has 0 unspecified atom stereocenters. The van der Waals surface area contributed by atoms with Gasteiger partial charge in [0.15, 0.2) is 24.8 Å². The lowest BCUT2D eigenvalue weighted by atomic mass is 9.47. The maximum absolute atomic E-state index is 14.1. The van der Waals surface area contributed by atoms with Crippen LogP contribution >= 0.6 is 0 Å². The van der Waals surface area contributed by atoms with Crippen LogP contribution in [0.3, 0.4) is 0 Å². The van der Waals surface area contributed by atoms with Crippen LogP contribution in [0.1, 0.15) is 110 Å². The topological polar surface area (TPSA) is 197 Å². The number of aliphatic hydroxyl groups is 4. The molecule has 0 radical (unpaired) electrons. The number of benzene rings is 1. The molecule has 2 saturated heterocycles. The van der Waals surface area contributed by atoms with Crippen molar-refractivity contribution in [3.8, 4) is 5.75 Å². The van der Waals surface area contributed by atoms with Crippen LogP contribution in [0.25, 0.3) is 0 Å². The molecule has 4 aliphatic carbocycles. The Balaban J connectivity index is 1.16. The van der Waals surface area contributed by atoms with Gasteiger partial charge >= 0.3 is 11.9 Å². The van der Waals surface area contributed by atoms with Crippen LogP contribution < -0.4 is 4.74 Å². The molecule has 0 bridgehead atoms. The minimum absolute atomic E-state index is 0.00978. The first-order valence-corrected chi connectivity index (χ1v) is 22.5. The summed E-state index contributed by atoms with van der Waals surface area (Å²) in [5.74, 6) is 0.0679. The molecular formula is C47H68O14. The summed E-state index contributed by atoms with van der Waals surface area (Å²) in [5, 5.41) is 43.6. The molecular weight excluding hydrogens is 789 g/mol. The zero-order chi connectivity index (χ0) is 44.0. The van der Waals surface area contributed by atoms with E-state index in [1.54, 1.807) is 12.1 Å². The Morgan fingerprint density at radius 1 is 0.852 bits per heavy atom. The molecule has 340 valence electrons. The summed E-state index contributed by atoms with van der Waals surface area (Å²) in [7, 11) is 1.49. The zero-order valence-corrected chi connectivity index (χ0v) is 36.8. The SMILES string of the molecule is COc1ccc(C(=O)O[C@H]2[C@H](O[C@@H]3[C@@H](OC(C)=O)[C@H](O[C@H]4C[C@H]5[C@@H]6CC=C7C[C@@H](O)CC[C@@]7(C)[C@H]6CC[C@@]5(C)[C@@H]4[C@H](C)C(=O)CCC(C)C)OC[C@@H]3O)OC[C@@H](O)[C@@H]2O)cc1. The van der Waals surface area contributed by atoms with E-state index >= 15 is 0 Å². The molecule has 5 fully saturated rings. The number of esters is 2. The minimum Gasteiger partial charge on any atom is -0.497 e. The Kier molecular flexibility index (Phi) is 14.1. The number of allylic oxidation sites excluding steroid dienone is 1. The summed E-state index contributed by atoms with van der Waals surface area (Å²) in [6.07, 6.45) is -2.54. The van der Waals surface area contributed by atoms with Gasteiger partial charge in [0.2, 0.25) is 0 Å². The number of hydrogen-bond donors (Lipinski definition) is 4. The average molecular weight is 857 g/mol. The zero-order valence-electron chi connectivity index (χ0n) is 36.8. The molecule has 14 heteroatoms. The third-order valence-corrected chi connectivity index (χ3v) is 15.5. The van der Waals surface area contributed by atoms with E-state index in [1.165, 1.54) is 31.7 Å². The second-order valence-electron chi connectivity index (χ2n) is 19.6. The van der Waals surface area contributed by atoms with E-state index in [4.69, 9.17) is 33.2 Å². The Bertz CT molecular complexity index is 1750. The summed E-state index contributed by atoms with van der Waals surface area (Å²) in [6.45, 7) is 11.6. The van der Waals surface area contributed by atoms with E-state index < -0.39 is 67.2 Å². The third-order valence-electron chi connectivity index (χ3n) is 15.5. The van der Waals surface area contributed by atoms with Crippen LogP contribution in [0.15, 0.2) is 35.9 Å². The van der Waals surface area contributed by atoms with Crippen molar-refractivity contribution >= 4 is 17.7 Å². The van der Waals surface area contributed by atoms with Crippen LogP contribution in [0, 0.1) is 46.3 Å². The number of carbonyl (C=O) groups is 3. The van der Waals surface area contributed by atoms with E-state index in [9.17, 15) is 34.8 Å². The van der Waals surface area contributed by atoms with Crippen molar-refractivity contribution in [2.45, 2.75) is 161 Å². The van der Waals surface area contributed by atoms with Gasteiger partial charge in [-0.15, -0.1) is 0 Å². The summed E-state index contributed by atoms with van der Waals surface area (Å²) in [4.78, 5) is 40.2. The Hall–Kier alpha value is -2.95. The third kappa shape index (κ3) is 9.20. The van der Waals surface area contributed by atoms with Gasteiger partial charge in [-0.05, 0) is 110 Å². The van der Waals surface area contributed by atoms with Crippen LogP contribution in [0.2, 0.25) is 0 Å². The summed E-state index contributed by atoms with van der Waals surface area (Å²) < 4.78 is 42.0. The molecule has 1 aromatic rings. The lowest BCUT2D eigenvalue weighted by Crippen LogP contribution is -2.62. The largest absolute Gasteiger partial charge is 0.497 e. The average Bonchev–Trinajstić information content (AvgIpc) is 3.52. The first-order chi connectivity index (χ1) is 28.9. The van der Waals surface area contributed by atoms with Crippen LogP contribution in [-0.2, 0) is 38.0 Å². The summed E-state index contributed by atoms with van der Waals surface area (Å²) in [5.41, 5.74) is 1.28. The van der Waals surface area contributed by atoms with Crippen molar-refractivity contribution < 1.29 is 68.0 Å².